The van der Waals surface area contributed by atoms with Gasteiger partial charge >= 0.3 is 0 Å². The Hall–Kier alpha value is -1.16. The molecule has 2 nitrogen and oxygen atoms in total. The Morgan fingerprint density at radius 3 is 2.93 bits per heavy atom. The number of ether oxygens (including phenoxy) is 1. The van der Waals surface area contributed by atoms with Gasteiger partial charge in [0.25, 0.3) is 0 Å². The van der Waals surface area contributed by atoms with Crippen LogP contribution in [0.4, 0.5) is 4.39 Å². The number of methoxy groups -OCH3 is 1. The van der Waals surface area contributed by atoms with Crippen molar-refractivity contribution in [2.75, 3.05) is 7.11 Å². The smallest absolute Gasteiger partial charge is 0.146 e. The number of nitrogens with zero attached hydrogens (tertiary/aromatic N) is 1. The molecule has 4 heteroatoms. The Kier molecular flexibility index (Phi) is 2.86. The maximum atomic E-state index is 13.4. The SMILES string of the molecule is COc1ccc2ncc(F)c(CBr)c2c1. The summed E-state index contributed by atoms with van der Waals surface area (Å²) >= 11 is 3.27. The molecule has 1 aromatic heterocycles. The number of hydrogen-bond donors (Lipinski definition) is 0. The molecular formula is C11H9BrFNO. The lowest BCUT2D eigenvalue weighted by atomic mass is 10.1. The molecule has 1 aromatic carbocycles. The number of pyridine rings is 1. The highest BCUT2D eigenvalue weighted by Crippen LogP contribution is 2.25. The van der Waals surface area contributed by atoms with Gasteiger partial charge in [-0.05, 0) is 18.2 Å². The molecule has 2 aromatic rings. The van der Waals surface area contributed by atoms with E-state index in [0.29, 0.717) is 16.6 Å². The molecule has 0 bridgehead atoms. The highest BCUT2D eigenvalue weighted by molar-refractivity contribution is 9.08. The third kappa shape index (κ3) is 1.81. The first-order valence-electron chi connectivity index (χ1n) is 4.43. The maximum absolute atomic E-state index is 13.4. The molecule has 0 radical (unpaired) electrons. The van der Waals surface area contributed by atoms with Crippen molar-refractivity contribution in [3.63, 3.8) is 0 Å². The normalized spacial score (nSPS) is 10.6. The van der Waals surface area contributed by atoms with Gasteiger partial charge in [-0.15, -0.1) is 0 Å². The van der Waals surface area contributed by atoms with Gasteiger partial charge < -0.3 is 4.74 Å². The Labute approximate surface area is 95.2 Å². The zero-order valence-electron chi connectivity index (χ0n) is 8.13. The molecule has 0 saturated carbocycles. The highest BCUT2D eigenvalue weighted by atomic mass is 79.9. The fourth-order valence-electron chi connectivity index (χ4n) is 1.47. The molecule has 0 spiro atoms. The molecule has 0 N–H and O–H groups in total. The van der Waals surface area contributed by atoms with Crippen molar-refractivity contribution in [1.29, 1.82) is 0 Å². The topological polar surface area (TPSA) is 22.1 Å². The summed E-state index contributed by atoms with van der Waals surface area (Å²) < 4.78 is 18.5. The predicted molar refractivity (Wildman–Crippen MR) is 60.9 cm³/mol. The predicted octanol–water partition coefficient (Wildman–Crippen LogP) is 3.28. The van der Waals surface area contributed by atoms with Gasteiger partial charge in [-0.25, -0.2) is 4.39 Å². The van der Waals surface area contributed by atoms with Crippen molar-refractivity contribution in [1.82, 2.24) is 4.98 Å². The summed E-state index contributed by atoms with van der Waals surface area (Å²) in [5, 5.41) is 1.25. The number of benzene rings is 1. The number of fused-ring (bicyclic) bond motifs is 1. The van der Waals surface area contributed by atoms with E-state index in [1.807, 2.05) is 12.1 Å². The molecule has 2 rings (SSSR count). The Balaban J connectivity index is 2.76. The maximum Gasteiger partial charge on any atom is 0.146 e. The van der Waals surface area contributed by atoms with E-state index in [1.165, 1.54) is 6.20 Å². The Bertz CT molecular complexity index is 501. The van der Waals surface area contributed by atoms with Crippen LogP contribution >= 0.6 is 15.9 Å². The average Bonchev–Trinajstić information content (AvgIpc) is 2.28. The molecule has 0 unspecified atom stereocenters. The summed E-state index contributed by atoms with van der Waals surface area (Å²) in [5.74, 6) is 0.407. The molecule has 0 atom stereocenters. The van der Waals surface area contributed by atoms with Crippen LogP contribution in [0.3, 0.4) is 0 Å². The lowest BCUT2D eigenvalue weighted by Crippen LogP contribution is -1.92. The van der Waals surface area contributed by atoms with E-state index in [9.17, 15) is 4.39 Å². The molecule has 0 aliphatic heterocycles. The van der Waals surface area contributed by atoms with E-state index in [0.717, 1.165) is 10.9 Å². The Morgan fingerprint density at radius 1 is 1.47 bits per heavy atom. The van der Waals surface area contributed by atoms with Crippen LogP contribution in [-0.2, 0) is 5.33 Å². The summed E-state index contributed by atoms with van der Waals surface area (Å²) in [6.45, 7) is 0. The second-order valence-electron chi connectivity index (χ2n) is 3.10. The van der Waals surface area contributed by atoms with Gasteiger partial charge in [0.2, 0.25) is 0 Å². The van der Waals surface area contributed by atoms with Gasteiger partial charge in [0.15, 0.2) is 0 Å². The van der Waals surface area contributed by atoms with Gasteiger partial charge in [0, 0.05) is 16.3 Å². The second kappa shape index (κ2) is 4.14. The van der Waals surface area contributed by atoms with Crippen LogP contribution in [0.25, 0.3) is 10.9 Å². The molecular weight excluding hydrogens is 261 g/mol. The first-order valence-corrected chi connectivity index (χ1v) is 5.55. The zero-order chi connectivity index (χ0) is 10.8. The van der Waals surface area contributed by atoms with E-state index >= 15 is 0 Å². The lowest BCUT2D eigenvalue weighted by molar-refractivity contribution is 0.415. The quantitative estimate of drug-likeness (QED) is 0.781. The van der Waals surface area contributed by atoms with Crippen LogP contribution in [-0.4, -0.2) is 12.1 Å². The molecule has 0 saturated heterocycles. The van der Waals surface area contributed by atoms with Gasteiger partial charge in [0.1, 0.15) is 11.6 Å². The van der Waals surface area contributed by atoms with Crippen molar-refractivity contribution in [3.05, 3.63) is 35.8 Å². The average molecular weight is 270 g/mol. The third-order valence-corrected chi connectivity index (χ3v) is 2.83. The standard InChI is InChI=1S/C11H9BrFNO/c1-15-7-2-3-11-8(4-7)9(5-12)10(13)6-14-11/h2-4,6H,5H2,1H3. The van der Waals surface area contributed by atoms with Crippen molar-refractivity contribution in [3.8, 4) is 5.75 Å². The molecule has 1 heterocycles. The van der Waals surface area contributed by atoms with E-state index < -0.39 is 0 Å². The summed E-state index contributed by atoms with van der Waals surface area (Å²) in [5.41, 5.74) is 1.38. The van der Waals surface area contributed by atoms with Crippen molar-refractivity contribution in [2.24, 2.45) is 0 Å². The van der Waals surface area contributed by atoms with Crippen molar-refractivity contribution >= 4 is 26.8 Å². The monoisotopic (exact) mass is 269 g/mol. The van der Waals surface area contributed by atoms with Crippen LogP contribution in [0.2, 0.25) is 0 Å². The van der Waals surface area contributed by atoms with Gasteiger partial charge in [-0.2, -0.15) is 0 Å². The lowest BCUT2D eigenvalue weighted by Gasteiger charge is -2.06. The number of aromatic nitrogens is 1. The largest absolute Gasteiger partial charge is 0.497 e. The van der Waals surface area contributed by atoms with Crippen LogP contribution in [0, 0.1) is 5.82 Å². The van der Waals surface area contributed by atoms with Crippen molar-refractivity contribution in [2.45, 2.75) is 5.33 Å². The fourth-order valence-corrected chi connectivity index (χ4v) is 2.03. The molecule has 0 fully saturated rings. The zero-order valence-corrected chi connectivity index (χ0v) is 9.71. The van der Waals surface area contributed by atoms with Crippen molar-refractivity contribution < 1.29 is 9.13 Å². The minimum Gasteiger partial charge on any atom is -0.497 e. The summed E-state index contributed by atoms with van der Waals surface area (Å²) in [6.07, 6.45) is 1.24. The van der Waals surface area contributed by atoms with E-state index in [4.69, 9.17) is 4.74 Å². The van der Waals surface area contributed by atoms with E-state index in [1.54, 1.807) is 13.2 Å². The van der Waals surface area contributed by atoms with E-state index in [-0.39, 0.29) is 5.82 Å². The number of hydrogen-bond acceptors (Lipinski definition) is 2. The van der Waals surface area contributed by atoms with Gasteiger partial charge in [-0.1, -0.05) is 15.9 Å². The molecule has 0 aliphatic carbocycles. The van der Waals surface area contributed by atoms with Gasteiger partial charge in [-0.3, -0.25) is 4.98 Å². The first-order chi connectivity index (χ1) is 7.26. The minimum absolute atomic E-state index is 0.298. The van der Waals surface area contributed by atoms with E-state index in [2.05, 4.69) is 20.9 Å². The molecule has 78 valence electrons. The molecule has 0 aliphatic rings. The number of rotatable bonds is 2. The van der Waals surface area contributed by atoms with Crippen LogP contribution in [0.15, 0.2) is 24.4 Å². The summed E-state index contributed by atoms with van der Waals surface area (Å²) in [7, 11) is 1.59. The summed E-state index contributed by atoms with van der Waals surface area (Å²) in [4.78, 5) is 4.01. The first kappa shape index (κ1) is 10.4. The third-order valence-electron chi connectivity index (χ3n) is 2.27. The molecule has 0 amide bonds. The van der Waals surface area contributed by atoms with Crippen LogP contribution in [0.1, 0.15) is 5.56 Å². The fraction of sp³-hybridized carbons (Fsp3) is 0.182. The van der Waals surface area contributed by atoms with Gasteiger partial charge in [0.05, 0.1) is 18.8 Å². The second-order valence-corrected chi connectivity index (χ2v) is 3.66. The Morgan fingerprint density at radius 2 is 2.27 bits per heavy atom. The highest BCUT2D eigenvalue weighted by Gasteiger charge is 2.08. The summed E-state index contributed by atoms with van der Waals surface area (Å²) in [6, 6.07) is 5.42. The molecule has 15 heavy (non-hydrogen) atoms. The number of alkyl halides is 1. The number of halogens is 2. The van der Waals surface area contributed by atoms with Crippen LogP contribution < -0.4 is 4.74 Å². The van der Waals surface area contributed by atoms with Crippen LogP contribution in [0.5, 0.6) is 5.75 Å². The minimum atomic E-state index is -0.298.